The molecule has 166 valence electrons. The summed E-state index contributed by atoms with van der Waals surface area (Å²) in [5.41, 5.74) is 4.15. The fourth-order valence-corrected chi connectivity index (χ4v) is 4.50. The van der Waals surface area contributed by atoms with Crippen molar-refractivity contribution in [1.29, 1.82) is 0 Å². The van der Waals surface area contributed by atoms with E-state index in [0.29, 0.717) is 28.0 Å². The molecule has 5 atom stereocenters. The van der Waals surface area contributed by atoms with Gasteiger partial charge >= 0.3 is 0 Å². The zero-order valence-electron chi connectivity index (χ0n) is 17.2. The number of hydrogen-bond donors (Lipinski definition) is 4. The largest absolute Gasteiger partial charge is 0.464 e. The molecule has 0 amide bonds. The predicted molar refractivity (Wildman–Crippen MR) is 117 cm³/mol. The molecule has 1 fully saturated rings. The topological polar surface area (TPSA) is 103 Å². The van der Waals surface area contributed by atoms with Crippen LogP contribution in [-0.2, 0) is 17.6 Å². The molecule has 0 bridgehead atoms. The van der Waals surface area contributed by atoms with Crippen molar-refractivity contribution in [3.05, 3.63) is 69.9 Å². The van der Waals surface area contributed by atoms with Gasteiger partial charge in [-0.2, -0.15) is 0 Å². The Morgan fingerprint density at radius 1 is 0.968 bits per heavy atom. The van der Waals surface area contributed by atoms with Gasteiger partial charge in [0.05, 0.1) is 17.9 Å². The lowest BCUT2D eigenvalue weighted by atomic mass is 9.89. The number of halogens is 1. The van der Waals surface area contributed by atoms with E-state index >= 15 is 0 Å². The molecule has 31 heavy (non-hydrogen) atoms. The van der Waals surface area contributed by atoms with Gasteiger partial charge in [0, 0.05) is 10.9 Å². The van der Waals surface area contributed by atoms with Gasteiger partial charge in [-0.3, -0.25) is 0 Å². The first-order chi connectivity index (χ1) is 14.9. The van der Waals surface area contributed by atoms with E-state index in [2.05, 4.69) is 31.2 Å². The number of aliphatic hydroxyl groups excluding tert-OH is 4. The van der Waals surface area contributed by atoms with Gasteiger partial charge in [-0.25, -0.2) is 0 Å². The first kappa shape index (κ1) is 22.3. The molecule has 1 aliphatic rings. The van der Waals surface area contributed by atoms with Crippen LogP contribution in [0.15, 0.2) is 47.1 Å². The average molecular weight is 447 g/mol. The lowest BCUT2D eigenvalue weighted by Crippen LogP contribution is -2.55. The lowest BCUT2D eigenvalue weighted by Gasteiger charge is -2.40. The van der Waals surface area contributed by atoms with Crippen LogP contribution in [0.4, 0.5) is 0 Å². The molecule has 6 nitrogen and oxygen atoms in total. The third kappa shape index (κ3) is 4.24. The van der Waals surface area contributed by atoms with Crippen LogP contribution in [0.1, 0.15) is 41.7 Å². The monoisotopic (exact) mass is 446 g/mol. The summed E-state index contributed by atoms with van der Waals surface area (Å²) in [6.45, 7) is 1.65. The molecular weight excluding hydrogens is 420 g/mol. The molecule has 1 aromatic heterocycles. The van der Waals surface area contributed by atoms with E-state index < -0.39 is 37.1 Å². The highest BCUT2D eigenvalue weighted by molar-refractivity contribution is 6.36. The van der Waals surface area contributed by atoms with Gasteiger partial charge in [-0.05, 0) is 41.7 Å². The van der Waals surface area contributed by atoms with E-state index in [-0.39, 0.29) is 0 Å². The minimum Gasteiger partial charge on any atom is -0.464 e. The number of aliphatic hydroxyl groups is 4. The van der Waals surface area contributed by atoms with Gasteiger partial charge in [0.15, 0.2) is 0 Å². The Kier molecular flexibility index (Phi) is 6.67. The maximum Gasteiger partial charge on any atom is 0.141 e. The van der Waals surface area contributed by atoms with Gasteiger partial charge in [0.2, 0.25) is 0 Å². The Morgan fingerprint density at radius 3 is 2.35 bits per heavy atom. The highest BCUT2D eigenvalue weighted by atomic mass is 35.5. The maximum absolute atomic E-state index is 10.6. The van der Waals surface area contributed by atoms with Crippen LogP contribution in [-0.4, -0.2) is 51.4 Å². The summed E-state index contributed by atoms with van der Waals surface area (Å²) in [5, 5.41) is 41.7. The van der Waals surface area contributed by atoms with Crippen molar-refractivity contribution in [1.82, 2.24) is 0 Å². The van der Waals surface area contributed by atoms with Gasteiger partial charge < -0.3 is 29.6 Å². The van der Waals surface area contributed by atoms with Crippen LogP contribution in [0.3, 0.4) is 0 Å². The molecule has 0 radical (unpaired) electrons. The van der Waals surface area contributed by atoms with E-state index in [1.54, 1.807) is 12.1 Å². The molecule has 0 spiro atoms. The second kappa shape index (κ2) is 9.28. The number of rotatable bonds is 6. The van der Waals surface area contributed by atoms with Crippen LogP contribution < -0.4 is 0 Å². The van der Waals surface area contributed by atoms with E-state index in [0.717, 1.165) is 24.0 Å². The Bertz CT molecular complexity index is 1030. The number of ether oxygens (including phenoxy) is 1. The molecule has 3 aromatic rings. The lowest BCUT2D eigenvalue weighted by molar-refractivity contribution is -0.231. The minimum atomic E-state index is -1.47. The standard InChI is InChI=1S/C24H27ClO6/c1-2-3-13-4-6-14(7-5-13)10-15-11-17(23-16(19(15)25)8-9-30-23)24-22(29)21(28)20(27)18(12-26)31-24/h4-9,11,18,20-22,24,26-29H,2-3,10,12H2,1H3. The first-order valence-corrected chi connectivity index (χ1v) is 10.9. The normalized spacial score (nSPS) is 26.5. The number of furan rings is 1. The van der Waals surface area contributed by atoms with E-state index in [4.69, 9.17) is 20.8 Å². The SMILES string of the molecule is CCCc1ccc(Cc2cc(C3OC(CO)C(O)C(O)C3O)c3occc3c2Cl)cc1. The Labute approximate surface area is 185 Å². The predicted octanol–water partition coefficient (Wildman–Crippen LogP) is 3.14. The molecule has 2 aromatic carbocycles. The molecular formula is C24H27ClO6. The van der Waals surface area contributed by atoms with Crippen molar-refractivity contribution in [3.63, 3.8) is 0 Å². The van der Waals surface area contributed by atoms with Crippen molar-refractivity contribution in [2.75, 3.05) is 6.61 Å². The molecule has 5 unspecified atom stereocenters. The summed E-state index contributed by atoms with van der Waals surface area (Å²) in [7, 11) is 0. The second-order valence-corrected chi connectivity index (χ2v) is 8.47. The maximum atomic E-state index is 10.6. The molecule has 0 saturated carbocycles. The number of hydrogen-bond acceptors (Lipinski definition) is 6. The second-order valence-electron chi connectivity index (χ2n) is 8.10. The Balaban J connectivity index is 1.73. The average Bonchev–Trinajstić information content (AvgIpc) is 3.27. The molecule has 0 aliphatic carbocycles. The van der Waals surface area contributed by atoms with Crippen molar-refractivity contribution in [2.24, 2.45) is 0 Å². The fraction of sp³-hybridized carbons (Fsp3) is 0.417. The third-order valence-electron chi connectivity index (χ3n) is 5.93. The quantitative estimate of drug-likeness (QED) is 0.464. The molecule has 4 N–H and O–H groups in total. The molecule has 7 heteroatoms. The smallest absolute Gasteiger partial charge is 0.141 e. The summed E-state index contributed by atoms with van der Waals surface area (Å²) < 4.78 is 11.4. The van der Waals surface area contributed by atoms with Crippen molar-refractivity contribution in [3.8, 4) is 0 Å². The van der Waals surface area contributed by atoms with Crippen LogP contribution >= 0.6 is 11.6 Å². The van der Waals surface area contributed by atoms with E-state index in [1.165, 1.54) is 11.8 Å². The van der Waals surface area contributed by atoms with Gasteiger partial charge in [0.25, 0.3) is 0 Å². The van der Waals surface area contributed by atoms with Crippen LogP contribution in [0, 0.1) is 0 Å². The van der Waals surface area contributed by atoms with Gasteiger partial charge in [0.1, 0.15) is 36.1 Å². The zero-order valence-corrected chi connectivity index (χ0v) is 18.0. The molecule has 2 heterocycles. The number of fused-ring (bicyclic) bond motifs is 1. The Hall–Kier alpha value is -1.93. The van der Waals surface area contributed by atoms with Gasteiger partial charge in [-0.1, -0.05) is 49.2 Å². The first-order valence-electron chi connectivity index (χ1n) is 10.5. The van der Waals surface area contributed by atoms with Crippen LogP contribution in [0.5, 0.6) is 0 Å². The zero-order chi connectivity index (χ0) is 22.1. The fourth-order valence-electron chi connectivity index (χ4n) is 4.23. The van der Waals surface area contributed by atoms with Gasteiger partial charge in [-0.15, -0.1) is 0 Å². The number of benzene rings is 2. The highest BCUT2D eigenvalue weighted by Crippen LogP contribution is 2.40. The van der Waals surface area contributed by atoms with Crippen molar-refractivity contribution >= 4 is 22.6 Å². The summed E-state index contributed by atoms with van der Waals surface area (Å²) >= 11 is 6.68. The molecule has 4 rings (SSSR count). The van der Waals surface area contributed by atoms with E-state index in [1.807, 2.05) is 0 Å². The summed E-state index contributed by atoms with van der Waals surface area (Å²) in [4.78, 5) is 0. The van der Waals surface area contributed by atoms with E-state index in [9.17, 15) is 20.4 Å². The summed E-state index contributed by atoms with van der Waals surface area (Å²) in [6.07, 6.45) is -2.08. The third-order valence-corrected chi connectivity index (χ3v) is 6.38. The van der Waals surface area contributed by atoms with Crippen molar-refractivity contribution in [2.45, 2.75) is 56.7 Å². The molecule has 1 saturated heterocycles. The summed E-state index contributed by atoms with van der Waals surface area (Å²) in [6, 6.07) is 11.9. The highest BCUT2D eigenvalue weighted by Gasteiger charge is 2.45. The molecule has 1 aliphatic heterocycles. The Morgan fingerprint density at radius 2 is 1.68 bits per heavy atom. The van der Waals surface area contributed by atoms with Crippen LogP contribution in [0.25, 0.3) is 11.0 Å². The van der Waals surface area contributed by atoms with Crippen molar-refractivity contribution < 1.29 is 29.6 Å². The minimum absolute atomic E-state index is 0.441. The van der Waals surface area contributed by atoms with Crippen LogP contribution in [0.2, 0.25) is 5.02 Å². The summed E-state index contributed by atoms with van der Waals surface area (Å²) in [5.74, 6) is 0. The number of aryl methyl sites for hydroxylation is 1.